The number of carbonyl (C=O) groups excluding carboxylic acids is 1. The second-order valence-corrected chi connectivity index (χ2v) is 5.77. The quantitative estimate of drug-likeness (QED) is 0.871. The maximum Gasteiger partial charge on any atom is 0.274 e. The third-order valence-corrected chi connectivity index (χ3v) is 3.80. The molecule has 1 atom stereocenters. The Morgan fingerprint density at radius 3 is 2.75 bits per heavy atom. The third-order valence-electron chi connectivity index (χ3n) is 3.80. The zero-order valence-electron chi connectivity index (χ0n) is 12.6. The normalized spacial score (nSPS) is 20.4. The van der Waals surface area contributed by atoms with E-state index in [1.807, 2.05) is 18.7 Å². The molecular weight excluding hydrogens is 254 g/mol. The summed E-state index contributed by atoms with van der Waals surface area (Å²) in [5, 5.41) is 0. The molecule has 1 unspecified atom stereocenters. The van der Waals surface area contributed by atoms with E-state index in [-0.39, 0.29) is 11.8 Å². The van der Waals surface area contributed by atoms with Gasteiger partial charge in [-0.15, -0.1) is 0 Å². The van der Waals surface area contributed by atoms with Crippen molar-refractivity contribution in [1.82, 2.24) is 19.8 Å². The van der Waals surface area contributed by atoms with Crippen molar-refractivity contribution in [3.63, 3.8) is 0 Å². The molecule has 1 amide bonds. The molecule has 2 heterocycles. The molecule has 0 spiro atoms. The number of nitrogens with two attached hydrogens (primary N) is 1. The van der Waals surface area contributed by atoms with Gasteiger partial charge in [0.25, 0.3) is 5.91 Å². The number of anilines is 1. The highest BCUT2D eigenvalue weighted by molar-refractivity contribution is 5.97. The number of amides is 1. The molecule has 0 radical (unpaired) electrons. The summed E-state index contributed by atoms with van der Waals surface area (Å²) >= 11 is 0. The first kappa shape index (κ1) is 14.7. The van der Waals surface area contributed by atoms with Gasteiger partial charge in [0, 0.05) is 31.6 Å². The highest BCUT2D eigenvalue weighted by Crippen LogP contribution is 2.17. The predicted molar refractivity (Wildman–Crippen MR) is 78.5 cm³/mol. The van der Waals surface area contributed by atoms with Gasteiger partial charge >= 0.3 is 0 Å². The lowest BCUT2D eigenvalue weighted by Gasteiger charge is -2.37. The van der Waals surface area contributed by atoms with Gasteiger partial charge in [-0.05, 0) is 14.0 Å². The number of carbonyl (C=O) groups is 1. The van der Waals surface area contributed by atoms with Gasteiger partial charge in [-0.2, -0.15) is 0 Å². The first-order valence-corrected chi connectivity index (χ1v) is 7.02. The van der Waals surface area contributed by atoms with Gasteiger partial charge in [0.1, 0.15) is 5.82 Å². The Kier molecular flexibility index (Phi) is 4.23. The minimum atomic E-state index is -0.0910. The number of nitrogen functional groups attached to an aromatic ring is 1. The van der Waals surface area contributed by atoms with Crippen molar-refractivity contribution in [1.29, 1.82) is 0 Å². The minimum Gasteiger partial charge on any atom is -0.396 e. The molecule has 0 aromatic carbocycles. The Labute approximate surface area is 120 Å². The molecule has 2 N–H and O–H groups in total. The van der Waals surface area contributed by atoms with Crippen molar-refractivity contribution in [2.24, 2.45) is 0 Å². The molecule has 0 aliphatic carbocycles. The lowest BCUT2D eigenvalue weighted by atomic mass is 10.1. The van der Waals surface area contributed by atoms with Crippen LogP contribution in [0.2, 0.25) is 0 Å². The van der Waals surface area contributed by atoms with Crippen LogP contribution in [0.1, 0.15) is 43.0 Å². The summed E-state index contributed by atoms with van der Waals surface area (Å²) in [4.78, 5) is 25.2. The summed E-state index contributed by atoms with van der Waals surface area (Å²) in [6.07, 6.45) is 1.54. The van der Waals surface area contributed by atoms with Gasteiger partial charge in [-0.3, -0.25) is 4.79 Å². The average Bonchev–Trinajstić information content (AvgIpc) is 2.41. The Hall–Kier alpha value is -1.69. The molecule has 20 heavy (non-hydrogen) atoms. The van der Waals surface area contributed by atoms with E-state index in [9.17, 15) is 4.79 Å². The van der Waals surface area contributed by atoms with Crippen LogP contribution in [0.5, 0.6) is 0 Å². The first-order valence-electron chi connectivity index (χ1n) is 7.02. The maximum absolute atomic E-state index is 12.6. The van der Waals surface area contributed by atoms with E-state index < -0.39 is 0 Å². The summed E-state index contributed by atoms with van der Waals surface area (Å²) in [5.41, 5.74) is 6.56. The molecule has 1 aliphatic heterocycles. The second kappa shape index (κ2) is 5.75. The molecule has 1 aromatic rings. The lowest BCUT2D eigenvalue weighted by molar-refractivity contribution is 0.0567. The summed E-state index contributed by atoms with van der Waals surface area (Å²) in [6, 6.07) is 0.348. The van der Waals surface area contributed by atoms with Gasteiger partial charge in [0.2, 0.25) is 0 Å². The fraction of sp³-hybridized carbons (Fsp3) is 0.643. The zero-order chi connectivity index (χ0) is 14.9. The molecule has 6 heteroatoms. The maximum atomic E-state index is 12.6. The molecule has 0 saturated carbocycles. The van der Waals surface area contributed by atoms with Crippen LogP contribution in [-0.2, 0) is 0 Å². The Bertz CT molecular complexity index is 502. The fourth-order valence-electron chi connectivity index (χ4n) is 2.24. The Morgan fingerprint density at radius 1 is 1.45 bits per heavy atom. The van der Waals surface area contributed by atoms with Crippen molar-refractivity contribution >= 4 is 11.6 Å². The number of hydrogen-bond acceptors (Lipinski definition) is 5. The van der Waals surface area contributed by atoms with Crippen molar-refractivity contribution in [3.05, 3.63) is 17.7 Å². The molecule has 1 aromatic heterocycles. The molecule has 1 aliphatic rings. The largest absolute Gasteiger partial charge is 0.396 e. The van der Waals surface area contributed by atoms with Crippen LogP contribution in [0.15, 0.2) is 6.20 Å². The van der Waals surface area contributed by atoms with E-state index in [1.165, 1.54) is 6.20 Å². The Balaban J connectivity index is 2.22. The number of hydrogen-bond donors (Lipinski definition) is 1. The molecular formula is C14H23N5O. The molecule has 0 bridgehead atoms. The molecule has 2 rings (SSSR count). The van der Waals surface area contributed by atoms with E-state index in [0.29, 0.717) is 36.3 Å². The monoisotopic (exact) mass is 277 g/mol. The number of likely N-dealkylation sites (N-methyl/N-ethyl adjacent to an activating group) is 1. The number of aromatic nitrogens is 2. The van der Waals surface area contributed by atoms with E-state index in [2.05, 4.69) is 28.8 Å². The summed E-state index contributed by atoms with van der Waals surface area (Å²) < 4.78 is 0. The number of nitrogens with zero attached hydrogens (tertiary/aromatic N) is 4. The van der Waals surface area contributed by atoms with Crippen LogP contribution in [-0.4, -0.2) is 58.4 Å². The molecule has 1 fully saturated rings. The van der Waals surface area contributed by atoms with Crippen LogP contribution < -0.4 is 5.73 Å². The van der Waals surface area contributed by atoms with Crippen LogP contribution in [0.4, 0.5) is 5.69 Å². The molecule has 1 saturated heterocycles. The van der Waals surface area contributed by atoms with Crippen molar-refractivity contribution in [2.75, 3.05) is 32.4 Å². The van der Waals surface area contributed by atoms with Crippen molar-refractivity contribution < 1.29 is 4.79 Å². The topological polar surface area (TPSA) is 75.3 Å². The first-order chi connectivity index (χ1) is 9.40. The van der Waals surface area contributed by atoms with Crippen LogP contribution in [0.25, 0.3) is 0 Å². The number of rotatable bonds is 2. The van der Waals surface area contributed by atoms with E-state index in [4.69, 9.17) is 5.73 Å². The van der Waals surface area contributed by atoms with Gasteiger partial charge in [-0.1, -0.05) is 13.8 Å². The smallest absolute Gasteiger partial charge is 0.274 e. The van der Waals surface area contributed by atoms with Crippen LogP contribution >= 0.6 is 0 Å². The van der Waals surface area contributed by atoms with Gasteiger partial charge in [0.05, 0.1) is 11.9 Å². The van der Waals surface area contributed by atoms with Crippen molar-refractivity contribution in [3.8, 4) is 0 Å². The van der Waals surface area contributed by atoms with E-state index in [0.717, 1.165) is 6.54 Å². The molecule has 110 valence electrons. The summed E-state index contributed by atoms with van der Waals surface area (Å²) in [5.74, 6) is 0.741. The second-order valence-electron chi connectivity index (χ2n) is 5.77. The fourth-order valence-corrected chi connectivity index (χ4v) is 2.24. The minimum absolute atomic E-state index is 0.0910. The summed E-state index contributed by atoms with van der Waals surface area (Å²) in [7, 11) is 2.07. The molecule has 6 nitrogen and oxygen atoms in total. The highest BCUT2D eigenvalue weighted by Gasteiger charge is 2.27. The van der Waals surface area contributed by atoms with Gasteiger partial charge in [-0.25, -0.2) is 9.97 Å². The Morgan fingerprint density at radius 2 is 2.15 bits per heavy atom. The van der Waals surface area contributed by atoms with Crippen molar-refractivity contribution in [2.45, 2.75) is 32.7 Å². The van der Waals surface area contributed by atoms with Crippen LogP contribution in [0, 0.1) is 0 Å². The predicted octanol–water partition coefficient (Wildman–Crippen LogP) is 0.958. The lowest BCUT2D eigenvalue weighted by Crippen LogP contribution is -2.52. The third kappa shape index (κ3) is 2.90. The number of piperazine rings is 1. The van der Waals surface area contributed by atoms with Gasteiger partial charge in [0.15, 0.2) is 5.69 Å². The highest BCUT2D eigenvalue weighted by atomic mass is 16.2. The average molecular weight is 277 g/mol. The van der Waals surface area contributed by atoms with Crippen LogP contribution in [0.3, 0.4) is 0 Å². The standard InChI is InChI=1S/C14H23N5O/c1-9(2)13-16-7-11(15)12(17-13)14(20)19-6-5-18(4)10(3)8-19/h7,9-10H,5-6,8,15H2,1-4H3. The SMILES string of the molecule is CC(C)c1ncc(N)c(C(=O)N2CCN(C)C(C)C2)n1. The van der Waals surface area contributed by atoms with E-state index >= 15 is 0 Å². The summed E-state index contributed by atoms with van der Waals surface area (Å²) in [6.45, 7) is 8.39. The van der Waals surface area contributed by atoms with Gasteiger partial charge < -0.3 is 15.5 Å². The zero-order valence-corrected chi connectivity index (χ0v) is 12.6. The van der Waals surface area contributed by atoms with E-state index in [1.54, 1.807) is 0 Å².